The second-order valence-corrected chi connectivity index (χ2v) is 6.68. The van der Waals surface area contributed by atoms with E-state index in [1.165, 1.54) is 0 Å². The Morgan fingerprint density at radius 2 is 1.90 bits per heavy atom. The molecule has 0 amide bonds. The van der Waals surface area contributed by atoms with Crippen LogP contribution in [0.4, 0.5) is 18.9 Å². The fourth-order valence-electron chi connectivity index (χ4n) is 1.40. The molecule has 2 N–H and O–H groups in total. The van der Waals surface area contributed by atoms with Crippen molar-refractivity contribution in [3.8, 4) is 5.75 Å². The van der Waals surface area contributed by atoms with Crippen LogP contribution >= 0.6 is 0 Å². The van der Waals surface area contributed by atoms with Crippen molar-refractivity contribution in [3.63, 3.8) is 0 Å². The van der Waals surface area contributed by atoms with Gasteiger partial charge >= 0.3 is 6.18 Å². The summed E-state index contributed by atoms with van der Waals surface area (Å²) in [5.74, 6) is -0.631. The average Bonchev–Trinajstić information content (AvgIpc) is 2.28. The number of anilines is 1. The number of sulfonamides is 1. The fraction of sp³-hybridized carbons (Fsp3) is 0.500. The highest BCUT2D eigenvalue weighted by atomic mass is 32.2. The van der Waals surface area contributed by atoms with Gasteiger partial charge in [0, 0.05) is 0 Å². The molecule has 20 heavy (non-hydrogen) atoms. The molecule has 4 nitrogen and oxygen atoms in total. The minimum absolute atomic E-state index is 0.140. The van der Waals surface area contributed by atoms with Crippen LogP contribution in [0, 0.1) is 5.92 Å². The largest absolute Gasteiger partial charge is 0.506 e. The standard InChI is InChI=1S/C12H16F3NO3S/c1-8(2)5-6-20(18,19)16-10-7-9(12(13,14)15)3-4-11(10)17/h3-4,7-8,16-17H,5-6H2,1-2H3. The van der Waals surface area contributed by atoms with Gasteiger partial charge in [0.15, 0.2) is 0 Å². The molecule has 0 radical (unpaired) electrons. The average molecular weight is 311 g/mol. The number of rotatable bonds is 5. The molecule has 0 aromatic heterocycles. The highest BCUT2D eigenvalue weighted by Crippen LogP contribution is 2.34. The van der Waals surface area contributed by atoms with E-state index in [-0.39, 0.29) is 11.7 Å². The SMILES string of the molecule is CC(C)CCS(=O)(=O)Nc1cc(C(F)(F)F)ccc1O. The Morgan fingerprint density at radius 3 is 2.40 bits per heavy atom. The number of phenols is 1. The summed E-state index contributed by atoms with van der Waals surface area (Å²) < 4.78 is 63.0. The number of aromatic hydroxyl groups is 1. The Hall–Kier alpha value is -1.44. The van der Waals surface area contributed by atoms with Crippen molar-refractivity contribution in [1.82, 2.24) is 0 Å². The maximum Gasteiger partial charge on any atom is 0.416 e. The predicted molar refractivity (Wildman–Crippen MR) is 70.0 cm³/mol. The number of phenolic OH excluding ortho intramolecular Hbond substituents is 1. The first-order chi connectivity index (χ1) is 9.01. The molecule has 0 aliphatic rings. The Kier molecular flexibility index (Phi) is 4.90. The fourth-order valence-corrected chi connectivity index (χ4v) is 2.79. The van der Waals surface area contributed by atoms with Crippen LogP contribution in [0.25, 0.3) is 0 Å². The third-order valence-electron chi connectivity index (χ3n) is 2.55. The van der Waals surface area contributed by atoms with Crippen LogP contribution < -0.4 is 4.72 Å². The van der Waals surface area contributed by atoms with Crippen molar-refractivity contribution in [3.05, 3.63) is 23.8 Å². The van der Waals surface area contributed by atoms with Crippen LogP contribution in [-0.2, 0) is 16.2 Å². The van der Waals surface area contributed by atoms with E-state index in [2.05, 4.69) is 0 Å². The maximum absolute atomic E-state index is 12.5. The summed E-state index contributed by atoms with van der Waals surface area (Å²) in [5.41, 5.74) is -1.50. The molecule has 0 bridgehead atoms. The Balaban J connectivity index is 2.97. The quantitative estimate of drug-likeness (QED) is 0.821. The second-order valence-electron chi connectivity index (χ2n) is 4.83. The van der Waals surface area contributed by atoms with E-state index in [9.17, 15) is 26.7 Å². The number of halogens is 3. The molecular weight excluding hydrogens is 295 g/mol. The summed E-state index contributed by atoms with van der Waals surface area (Å²) in [6.07, 6.45) is -4.24. The summed E-state index contributed by atoms with van der Waals surface area (Å²) in [5, 5.41) is 9.45. The molecule has 1 rings (SSSR count). The molecule has 8 heteroatoms. The first-order valence-corrected chi connectivity index (χ1v) is 7.57. The van der Waals surface area contributed by atoms with Gasteiger partial charge in [0.25, 0.3) is 0 Å². The lowest BCUT2D eigenvalue weighted by Crippen LogP contribution is -2.18. The first-order valence-electron chi connectivity index (χ1n) is 5.92. The molecule has 0 saturated carbocycles. The van der Waals surface area contributed by atoms with Gasteiger partial charge in [0.2, 0.25) is 10.0 Å². The molecule has 1 aromatic rings. The zero-order valence-electron chi connectivity index (χ0n) is 11.0. The molecule has 0 fully saturated rings. The smallest absolute Gasteiger partial charge is 0.416 e. The summed E-state index contributed by atoms with van der Waals surface area (Å²) >= 11 is 0. The third-order valence-corrected chi connectivity index (χ3v) is 3.86. The van der Waals surface area contributed by atoms with Gasteiger partial charge in [-0.05, 0) is 30.5 Å². The van der Waals surface area contributed by atoms with Crippen LogP contribution in [0.1, 0.15) is 25.8 Å². The van der Waals surface area contributed by atoms with E-state index < -0.39 is 33.2 Å². The van der Waals surface area contributed by atoms with Crippen molar-refractivity contribution in [1.29, 1.82) is 0 Å². The molecule has 1 aromatic carbocycles. The zero-order chi connectivity index (χ0) is 15.6. The van der Waals surface area contributed by atoms with E-state index in [0.29, 0.717) is 18.6 Å². The summed E-state index contributed by atoms with van der Waals surface area (Å²) in [6.45, 7) is 3.66. The Bertz CT molecular complexity index is 568. The topological polar surface area (TPSA) is 66.4 Å². The van der Waals surface area contributed by atoms with Gasteiger partial charge in [0.05, 0.1) is 17.0 Å². The van der Waals surface area contributed by atoms with Crippen molar-refractivity contribution in [2.75, 3.05) is 10.5 Å². The minimum Gasteiger partial charge on any atom is -0.506 e. The van der Waals surface area contributed by atoms with Gasteiger partial charge in [-0.3, -0.25) is 4.72 Å². The van der Waals surface area contributed by atoms with Crippen LogP contribution in [0.3, 0.4) is 0 Å². The van der Waals surface area contributed by atoms with Crippen LogP contribution in [0.2, 0.25) is 0 Å². The number of nitrogens with one attached hydrogen (secondary N) is 1. The zero-order valence-corrected chi connectivity index (χ0v) is 11.8. The van der Waals surface area contributed by atoms with Crippen molar-refractivity contribution in [2.24, 2.45) is 5.92 Å². The summed E-state index contributed by atoms with van der Waals surface area (Å²) in [7, 11) is -3.79. The molecule has 114 valence electrons. The van der Waals surface area contributed by atoms with E-state index in [0.717, 1.165) is 6.07 Å². The number of hydrogen-bond acceptors (Lipinski definition) is 3. The molecule has 0 heterocycles. The van der Waals surface area contributed by atoms with E-state index in [1.54, 1.807) is 0 Å². The van der Waals surface area contributed by atoms with Crippen LogP contribution in [-0.4, -0.2) is 19.3 Å². The van der Waals surface area contributed by atoms with Crippen molar-refractivity contribution >= 4 is 15.7 Å². The van der Waals surface area contributed by atoms with Gasteiger partial charge < -0.3 is 5.11 Å². The summed E-state index contributed by atoms with van der Waals surface area (Å²) in [4.78, 5) is 0. The lowest BCUT2D eigenvalue weighted by molar-refractivity contribution is -0.137. The number of alkyl halides is 3. The predicted octanol–water partition coefficient (Wildman–Crippen LogP) is 3.20. The van der Waals surface area contributed by atoms with Gasteiger partial charge in [-0.2, -0.15) is 13.2 Å². The molecule has 0 aliphatic heterocycles. The normalized spacial score (nSPS) is 12.7. The molecule has 0 spiro atoms. The van der Waals surface area contributed by atoms with E-state index in [1.807, 2.05) is 18.6 Å². The van der Waals surface area contributed by atoms with E-state index >= 15 is 0 Å². The van der Waals surface area contributed by atoms with Crippen LogP contribution in [0.5, 0.6) is 5.75 Å². The Labute approximate surface area is 115 Å². The molecule has 0 unspecified atom stereocenters. The first kappa shape index (κ1) is 16.6. The van der Waals surface area contributed by atoms with Crippen LogP contribution in [0.15, 0.2) is 18.2 Å². The third kappa shape index (κ3) is 4.92. The highest BCUT2D eigenvalue weighted by molar-refractivity contribution is 7.92. The van der Waals surface area contributed by atoms with Gasteiger partial charge in [-0.15, -0.1) is 0 Å². The monoisotopic (exact) mass is 311 g/mol. The van der Waals surface area contributed by atoms with Gasteiger partial charge in [-0.25, -0.2) is 8.42 Å². The molecular formula is C12H16F3NO3S. The van der Waals surface area contributed by atoms with Gasteiger partial charge in [0.1, 0.15) is 5.75 Å². The highest BCUT2D eigenvalue weighted by Gasteiger charge is 2.31. The van der Waals surface area contributed by atoms with E-state index in [4.69, 9.17) is 0 Å². The minimum atomic E-state index is -4.61. The van der Waals surface area contributed by atoms with Crippen molar-refractivity contribution in [2.45, 2.75) is 26.4 Å². The van der Waals surface area contributed by atoms with Gasteiger partial charge in [-0.1, -0.05) is 13.8 Å². The number of hydrogen-bond donors (Lipinski definition) is 2. The molecule has 0 aliphatic carbocycles. The van der Waals surface area contributed by atoms with Crippen molar-refractivity contribution < 1.29 is 26.7 Å². The number of benzene rings is 1. The second kappa shape index (κ2) is 5.90. The summed E-state index contributed by atoms with van der Waals surface area (Å²) in [6, 6.07) is 2.06. The lowest BCUT2D eigenvalue weighted by atomic mass is 10.2. The molecule has 0 saturated heterocycles. The lowest BCUT2D eigenvalue weighted by Gasteiger charge is -2.13. The maximum atomic E-state index is 12.5. The molecule has 0 atom stereocenters. The Morgan fingerprint density at radius 1 is 1.30 bits per heavy atom.